The molecule has 0 atom stereocenters. The zero-order valence-corrected chi connectivity index (χ0v) is 17.2. The number of amides is 2. The summed E-state index contributed by atoms with van der Waals surface area (Å²) in [5, 5.41) is 2.64. The predicted molar refractivity (Wildman–Crippen MR) is 106 cm³/mol. The third-order valence-corrected chi connectivity index (χ3v) is 2.84. The predicted octanol–water partition coefficient (Wildman–Crippen LogP) is 3.52. The SMILES string of the molecule is C=CC(=O)C(C)(C)C.C=CC(=O)N(C)C(C)C.C=CC(=O)NC(C)C. The zero-order valence-electron chi connectivity index (χ0n) is 17.2. The summed E-state index contributed by atoms with van der Waals surface area (Å²) in [6.07, 6.45) is 3.94. The zero-order chi connectivity index (χ0) is 20.8. The Morgan fingerprint density at radius 3 is 1.44 bits per heavy atom. The molecule has 5 nitrogen and oxygen atoms in total. The molecule has 0 aliphatic heterocycles. The first-order valence-electron chi connectivity index (χ1n) is 8.23. The Morgan fingerprint density at radius 1 is 0.920 bits per heavy atom. The number of allylic oxidation sites excluding steroid dienone is 1. The summed E-state index contributed by atoms with van der Waals surface area (Å²) in [6, 6.07) is 0.469. The molecule has 0 aliphatic carbocycles. The van der Waals surface area contributed by atoms with Gasteiger partial charge >= 0.3 is 0 Å². The van der Waals surface area contributed by atoms with Crippen LogP contribution in [-0.2, 0) is 14.4 Å². The molecule has 0 unspecified atom stereocenters. The van der Waals surface area contributed by atoms with Crippen molar-refractivity contribution in [3.8, 4) is 0 Å². The van der Waals surface area contributed by atoms with Crippen LogP contribution in [-0.4, -0.2) is 41.6 Å². The number of rotatable bonds is 5. The first-order valence-corrected chi connectivity index (χ1v) is 8.23. The third kappa shape index (κ3) is 18.0. The van der Waals surface area contributed by atoms with E-state index in [-0.39, 0.29) is 35.1 Å². The highest BCUT2D eigenvalue weighted by Crippen LogP contribution is 2.13. The molecule has 0 rings (SSSR count). The van der Waals surface area contributed by atoms with Gasteiger partial charge in [0.15, 0.2) is 5.78 Å². The molecular formula is C20H36N2O3. The summed E-state index contributed by atoms with van der Waals surface area (Å²) in [4.78, 5) is 33.5. The maximum absolute atomic E-state index is 10.8. The second kappa shape index (κ2) is 14.2. The van der Waals surface area contributed by atoms with Gasteiger partial charge in [0.05, 0.1) is 0 Å². The van der Waals surface area contributed by atoms with Crippen LogP contribution < -0.4 is 5.32 Å². The largest absolute Gasteiger partial charge is 0.350 e. The van der Waals surface area contributed by atoms with Crippen LogP contribution in [0.1, 0.15) is 48.5 Å². The fourth-order valence-electron chi connectivity index (χ4n) is 1.05. The standard InChI is InChI=1S/C7H13NO.C7H12O.C6H11NO/c1-5-7(9)8(4)6(2)3;1-5-6(8)7(2,3)4;1-4-6(8)7-5(2)3/h5-6H,1H2,2-4H3;5H,1H2,2-4H3;4-5H,1H2,2-3H3,(H,7,8). The number of ketones is 1. The lowest BCUT2D eigenvalue weighted by atomic mass is 9.91. The first kappa shape index (κ1) is 27.7. The van der Waals surface area contributed by atoms with Crippen LogP contribution >= 0.6 is 0 Å². The molecule has 5 heteroatoms. The van der Waals surface area contributed by atoms with E-state index in [1.807, 2.05) is 48.5 Å². The summed E-state index contributed by atoms with van der Waals surface area (Å²) in [5.74, 6) is -0.0394. The van der Waals surface area contributed by atoms with Crippen molar-refractivity contribution in [3.05, 3.63) is 38.0 Å². The number of nitrogens with zero attached hydrogens (tertiary/aromatic N) is 1. The molecule has 1 N–H and O–H groups in total. The molecule has 0 aromatic rings. The monoisotopic (exact) mass is 352 g/mol. The van der Waals surface area contributed by atoms with E-state index in [0.29, 0.717) is 0 Å². The molecule has 0 heterocycles. The van der Waals surface area contributed by atoms with Crippen LogP contribution in [0.2, 0.25) is 0 Å². The average molecular weight is 353 g/mol. The second-order valence-electron chi connectivity index (χ2n) is 6.93. The molecule has 144 valence electrons. The number of carbonyl (C=O) groups is 3. The Balaban J connectivity index is -0.000000291. The minimum absolute atomic E-state index is 0.0231. The second-order valence-corrected chi connectivity index (χ2v) is 6.93. The van der Waals surface area contributed by atoms with E-state index in [0.717, 1.165) is 0 Å². The van der Waals surface area contributed by atoms with Gasteiger partial charge in [-0.15, -0.1) is 0 Å². The van der Waals surface area contributed by atoms with Crippen molar-refractivity contribution in [1.29, 1.82) is 0 Å². The van der Waals surface area contributed by atoms with E-state index in [4.69, 9.17) is 0 Å². The summed E-state index contributed by atoms with van der Waals surface area (Å²) in [7, 11) is 1.76. The molecule has 25 heavy (non-hydrogen) atoms. The van der Waals surface area contributed by atoms with Gasteiger partial charge in [0.25, 0.3) is 0 Å². The molecule has 0 radical (unpaired) electrons. The van der Waals surface area contributed by atoms with Gasteiger partial charge in [-0.25, -0.2) is 0 Å². The molecule has 0 spiro atoms. The maximum Gasteiger partial charge on any atom is 0.245 e. The van der Waals surface area contributed by atoms with Crippen LogP contribution in [0.4, 0.5) is 0 Å². The average Bonchev–Trinajstić information content (AvgIpc) is 2.51. The van der Waals surface area contributed by atoms with Gasteiger partial charge in [0.1, 0.15) is 0 Å². The van der Waals surface area contributed by atoms with Gasteiger partial charge in [-0.3, -0.25) is 14.4 Å². The first-order chi connectivity index (χ1) is 11.2. The minimum Gasteiger partial charge on any atom is -0.350 e. The van der Waals surface area contributed by atoms with Crippen molar-refractivity contribution in [2.45, 2.75) is 60.5 Å². The van der Waals surface area contributed by atoms with E-state index in [9.17, 15) is 14.4 Å². The fraction of sp³-hybridized carbons (Fsp3) is 0.550. The van der Waals surface area contributed by atoms with Crippen molar-refractivity contribution < 1.29 is 14.4 Å². The van der Waals surface area contributed by atoms with Crippen molar-refractivity contribution in [1.82, 2.24) is 10.2 Å². The number of hydrogen-bond donors (Lipinski definition) is 1. The lowest BCUT2D eigenvalue weighted by Gasteiger charge is -2.18. The van der Waals surface area contributed by atoms with E-state index < -0.39 is 0 Å². The lowest BCUT2D eigenvalue weighted by Crippen LogP contribution is -2.31. The smallest absolute Gasteiger partial charge is 0.245 e. The Hall–Kier alpha value is -2.17. The molecular weight excluding hydrogens is 316 g/mol. The molecule has 0 aromatic carbocycles. The maximum atomic E-state index is 10.8. The molecule has 0 saturated carbocycles. The Bertz CT molecular complexity index is 458. The summed E-state index contributed by atoms with van der Waals surface area (Å²) < 4.78 is 0. The van der Waals surface area contributed by atoms with Crippen LogP contribution in [0.5, 0.6) is 0 Å². The molecule has 0 saturated heterocycles. The van der Waals surface area contributed by atoms with Gasteiger partial charge in [0, 0.05) is 24.5 Å². The highest BCUT2D eigenvalue weighted by molar-refractivity contribution is 5.93. The highest BCUT2D eigenvalue weighted by Gasteiger charge is 2.16. The molecule has 2 amide bonds. The Kier molecular flexibility index (Phi) is 15.7. The quantitative estimate of drug-likeness (QED) is 0.770. The van der Waals surface area contributed by atoms with Crippen LogP contribution in [0, 0.1) is 5.41 Å². The summed E-state index contributed by atoms with van der Waals surface area (Å²) >= 11 is 0. The van der Waals surface area contributed by atoms with Crippen molar-refractivity contribution in [2.24, 2.45) is 5.41 Å². The third-order valence-electron chi connectivity index (χ3n) is 2.84. The van der Waals surface area contributed by atoms with Gasteiger partial charge in [-0.05, 0) is 45.9 Å². The van der Waals surface area contributed by atoms with E-state index in [2.05, 4.69) is 25.1 Å². The Labute approximate surface area is 153 Å². The van der Waals surface area contributed by atoms with Crippen molar-refractivity contribution >= 4 is 17.6 Å². The van der Waals surface area contributed by atoms with E-state index in [1.54, 1.807) is 11.9 Å². The van der Waals surface area contributed by atoms with Crippen LogP contribution in [0.3, 0.4) is 0 Å². The summed E-state index contributed by atoms with van der Waals surface area (Å²) in [6.45, 7) is 23.4. The number of likely N-dealkylation sites (N-methyl/N-ethyl adjacent to an activating group) is 1. The van der Waals surface area contributed by atoms with Gasteiger partial charge in [-0.2, -0.15) is 0 Å². The van der Waals surface area contributed by atoms with Crippen LogP contribution in [0.15, 0.2) is 38.0 Å². The van der Waals surface area contributed by atoms with E-state index >= 15 is 0 Å². The summed E-state index contributed by atoms with van der Waals surface area (Å²) in [5.41, 5.74) is -0.248. The Morgan fingerprint density at radius 2 is 1.36 bits per heavy atom. The van der Waals surface area contributed by atoms with Gasteiger partial charge in [-0.1, -0.05) is 40.5 Å². The number of hydrogen-bond acceptors (Lipinski definition) is 3. The molecule has 0 aliphatic rings. The van der Waals surface area contributed by atoms with E-state index in [1.165, 1.54) is 18.2 Å². The highest BCUT2D eigenvalue weighted by atomic mass is 16.2. The molecule has 0 bridgehead atoms. The lowest BCUT2D eigenvalue weighted by molar-refractivity contribution is -0.126. The number of carbonyl (C=O) groups excluding carboxylic acids is 3. The topological polar surface area (TPSA) is 66.5 Å². The fourth-order valence-corrected chi connectivity index (χ4v) is 1.05. The molecule has 0 aromatic heterocycles. The normalized spacial score (nSPS) is 9.68. The number of nitrogens with one attached hydrogen (secondary N) is 1. The van der Waals surface area contributed by atoms with Gasteiger partial charge in [0.2, 0.25) is 11.8 Å². The molecule has 0 fully saturated rings. The van der Waals surface area contributed by atoms with Crippen LogP contribution in [0.25, 0.3) is 0 Å². The minimum atomic E-state index is -0.248. The van der Waals surface area contributed by atoms with Gasteiger partial charge < -0.3 is 10.2 Å². The van der Waals surface area contributed by atoms with Crippen molar-refractivity contribution in [3.63, 3.8) is 0 Å². The van der Waals surface area contributed by atoms with Crippen molar-refractivity contribution in [2.75, 3.05) is 7.05 Å².